The summed E-state index contributed by atoms with van der Waals surface area (Å²) in [4.78, 5) is 12.5. The van der Waals surface area contributed by atoms with Crippen molar-refractivity contribution in [2.75, 3.05) is 0 Å². The number of nitrogens with one attached hydrogen (secondary N) is 1. The van der Waals surface area contributed by atoms with Crippen LogP contribution in [0.5, 0.6) is 5.75 Å². The third-order valence-electron chi connectivity index (χ3n) is 4.64. The van der Waals surface area contributed by atoms with Crippen molar-refractivity contribution < 1.29 is 13.9 Å². The Kier molecular flexibility index (Phi) is 7.08. The highest BCUT2D eigenvalue weighted by atomic mass is 32.2. The van der Waals surface area contributed by atoms with E-state index in [1.54, 1.807) is 18.2 Å². The van der Waals surface area contributed by atoms with Gasteiger partial charge in [-0.15, -0.1) is 16.8 Å². The van der Waals surface area contributed by atoms with Gasteiger partial charge in [0.25, 0.3) is 0 Å². The molecule has 6 nitrogen and oxygen atoms in total. The van der Waals surface area contributed by atoms with E-state index in [9.17, 15) is 9.18 Å². The van der Waals surface area contributed by atoms with Crippen LogP contribution in [0.25, 0.3) is 0 Å². The number of allylic oxidation sites excluding steroid dienone is 1. The summed E-state index contributed by atoms with van der Waals surface area (Å²) < 4.78 is 20.6. The highest BCUT2D eigenvalue weighted by molar-refractivity contribution is 8.00. The summed E-state index contributed by atoms with van der Waals surface area (Å²) >= 11 is 1.37. The second kappa shape index (κ2) is 9.73. The largest absolute Gasteiger partial charge is 0.486 e. The molecule has 0 bridgehead atoms. The van der Waals surface area contributed by atoms with E-state index in [0.717, 1.165) is 12.8 Å². The second-order valence-corrected chi connectivity index (χ2v) is 8.10. The van der Waals surface area contributed by atoms with E-state index in [4.69, 9.17) is 4.74 Å². The molecule has 2 aromatic rings. The summed E-state index contributed by atoms with van der Waals surface area (Å²) in [7, 11) is 0. The summed E-state index contributed by atoms with van der Waals surface area (Å²) in [6.45, 7) is 6.35. The van der Waals surface area contributed by atoms with Gasteiger partial charge in [-0.2, -0.15) is 0 Å². The van der Waals surface area contributed by atoms with E-state index in [1.807, 2.05) is 11.5 Å². The van der Waals surface area contributed by atoms with Gasteiger partial charge in [-0.1, -0.05) is 30.7 Å². The molecule has 0 unspecified atom stereocenters. The molecule has 1 aliphatic rings. The molecule has 1 saturated carbocycles. The number of rotatable bonds is 9. The quantitative estimate of drug-likeness (QED) is 0.510. The second-order valence-electron chi connectivity index (χ2n) is 6.79. The Morgan fingerprint density at radius 2 is 2.11 bits per heavy atom. The van der Waals surface area contributed by atoms with Crippen molar-refractivity contribution >= 4 is 17.7 Å². The number of carbonyl (C=O) groups is 1. The summed E-state index contributed by atoms with van der Waals surface area (Å²) in [5, 5.41) is 11.9. The molecule has 1 N–H and O–H groups in total. The smallest absolute Gasteiger partial charge is 0.233 e. The highest BCUT2D eigenvalue weighted by Gasteiger charge is 2.23. The molecular weight excluding hydrogens is 379 g/mol. The first-order valence-corrected chi connectivity index (χ1v) is 10.3. The van der Waals surface area contributed by atoms with Gasteiger partial charge in [-0.25, -0.2) is 4.39 Å². The molecule has 28 heavy (non-hydrogen) atoms. The molecule has 1 atom stereocenters. The van der Waals surface area contributed by atoms with Crippen LogP contribution in [-0.2, 0) is 17.9 Å². The summed E-state index contributed by atoms with van der Waals surface area (Å²) in [6.07, 6.45) is 6.22. The van der Waals surface area contributed by atoms with Gasteiger partial charge in [-0.3, -0.25) is 9.36 Å². The minimum Gasteiger partial charge on any atom is -0.486 e. The van der Waals surface area contributed by atoms with Gasteiger partial charge in [-0.05, 0) is 44.0 Å². The first-order valence-electron chi connectivity index (χ1n) is 9.45. The van der Waals surface area contributed by atoms with Crippen LogP contribution in [0, 0.1) is 5.82 Å². The maximum absolute atomic E-state index is 13.0. The Bertz CT molecular complexity index is 803. The molecule has 1 amide bonds. The fourth-order valence-electron chi connectivity index (χ4n) is 3.10. The van der Waals surface area contributed by atoms with Crippen molar-refractivity contribution in [1.82, 2.24) is 20.1 Å². The van der Waals surface area contributed by atoms with Crippen molar-refractivity contribution in [3.05, 3.63) is 48.6 Å². The molecule has 1 aliphatic carbocycles. The standard InChI is InChI=1S/C20H25FN4O2S/c1-3-12-25-18(13-27-17-10-8-15(21)9-11-17)23-24-20(25)28-14(2)19(26)22-16-6-4-5-7-16/h3,8-11,14,16H,1,4-7,12-13H2,2H3,(H,22,26)/t14-/m1/s1. The lowest BCUT2D eigenvalue weighted by Crippen LogP contribution is -2.37. The van der Waals surface area contributed by atoms with Crippen LogP contribution in [0.2, 0.25) is 0 Å². The first-order chi connectivity index (χ1) is 13.6. The van der Waals surface area contributed by atoms with Gasteiger partial charge < -0.3 is 10.1 Å². The molecule has 0 aliphatic heterocycles. The molecule has 0 radical (unpaired) electrons. The van der Waals surface area contributed by atoms with Gasteiger partial charge in [0.2, 0.25) is 5.91 Å². The molecule has 150 valence electrons. The van der Waals surface area contributed by atoms with Crippen LogP contribution in [-0.4, -0.2) is 32.0 Å². The van der Waals surface area contributed by atoms with Crippen LogP contribution in [0.4, 0.5) is 4.39 Å². The van der Waals surface area contributed by atoms with Crippen LogP contribution < -0.4 is 10.1 Å². The number of hydrogen-bond donors (Lipinski definition) is 1. The Morgan fingerprint density at radius 3 is 2.79 bits per heavy atom. The third kappa shape index (κ3) is 5.34. The van der Waals surface area contributed by atoms with E-state index in [-0.39, 0.29) is 23.6 Å². The minimum absolute atomic E-state index is 0.0224. The minimum atomic E-state index is -0.314. The predicted molar refractivity (Wildman–Crippen MR) is 107 cm³/mol. The van der Waals surface area contributed by atoms with E-state index >= 15 is 0 Å². The molecular formula is C20H25FN4O2S. The summed E-state index contributed by atoms with van der Waals surface area (Å²) in [6, 6.07) is 6.11. The van der Waals surface area contributed by atoms with Gasteiger partial charge in [0, 0.05) is 12.6 Å². The molecule has 1 aromatic heterocycles. The molecule has 0 saturated heterocycles. The lowest BCUT2D eigenvalue weighted by molar-refractivity contribution is -0.120. The van der Waals surface area contributed by atoms with Crippen LogP contribution in [0.1, 0.15) is 38.4 Å². The third-order valence-corrected chi connectivity index (χ3v) is 5.72. The molecule has 3 rings (SSSR count). The van der Waals surface area contributed by atoms with E-state index < -0.39 is 0 Å². The van der Waals surface area contributed by atoms with Crippen LogP contribution in [0.15, 0.2) is 42.1 Å². The number of halogens is 1. The summed E-state index contributed by atoms with van der Waals surface area (Å²) in [5.41, 5.74) is 0. The van der Waals surface area contributed by atoms with E-state index in [1.165, 1.54) is 36.7 Å². The fraction of sp³-hybridized carbons (Fsp3) is 0.450. The molecule has 0 spiro atoms. The zero-order chi connectivity index (χ0) is 19.9. The number of aromatic nitrogens is 3. The predicted octanol–water partition coefficient (Wildman–Crippen LogP) is 3.72. The average molecular weight is 405 g/mol. The van der Waals surface area contributed by atoms with Crippen molar-refractivity contribution in [1.29, 1.82) is 0 Å². The number of carbonyl (C=O) groups excluding carboxylic acids is 1. The number of amides is 1. The maximum Gasteiger partial charge on any atom is 0.233 e. The Hall–Kier alpha value is -2.35. The van der Waals surface area contributed by atoms with Crippen molar-refractivity contribution in [2.45, 2.75) is 62.2 Å². The van der Waals surface area contributed by atoms with Gasteiger partial charge in [0.15, 0.2) is 11.0 Å². The van der Waals surface area contributed by atoms with Crippen molar-refractivity contribution in [2.24, 2.45) is 0 Å². The molecule has 1 heterocycles. The number of nitrogens with zero attached hydrogens (tertiary/aromatic N) is 3. The van der Waals surface area contributed by atoms with Crippen LogP contribution in [0.3, 0.4) is 0 Å². The number of ether oxygens (including phenoxy) is 1. The van der Waals surface area contributed by atoms with Gasteiger partial charge in [0.1, 0.15) is 18.2 Å². The Balaban J connectivity index is 1.62. The maximum atomic E-state index is 13.0. The zero-order valence-corrected chi connectivity index (χ0v) is 16.8. The normalized spacial score (nSPS) is 15.4. The number of hydrogen-bond acceptors (Lipinski definition) is 5. The lowest BCUT2D eigenvalue weighted by atomic mass is 10.2. The van der Waals surface area contributed by atoms with Crippen LogP contribution >= 0.6 is 11.8 Å². The SMILES string of the molecule is C=CCn1c(COc2ccc(F)cc2)nnc1S[C@H](C)C(=O)NC1CCCC1. The van der Waals surface area contributed by atoms with E-state index in [0.29, 0.717) is 29.3 Å². The average Bonchev–Trinajstić information content (AvgIpc) is 3.32. The molecule has 1 aromatic carbocycles. The fourth-order valence-corrected chi connectivity index (χ4v) is 3.99. The molecule has 1 fully saturated rings. The Labute approximate surface area is 168 Å². The number of thioether (sulfide) groups is 1. The molecule has 8 heteroatoms. The monoisotopic (exact) mass is 404 g/mol. The topological polar surface area (TPSA) is 69.0 Å². The lowest BCUT2D eigenvalue weighted by Gasteiger charge is -2.16. The Morgan fingerprint density at radius 1 is 1.39 bits per heavy atom. The van der Waals surface area contributed by atoms with E-state index in [2.05, 4.69) is 22.1 Å². The van der Waals surface area contributed by atoms with Gasteiger partial charge in [0.05, 0.1) is 5.25 Å². The first kappa shape index (κ1) is 20.4. The van der Waals surface area contributed by atoms with Gasteiger partial charge >= 0.3 is 0 Å². The van der Waals surface area contributed by atoms with Crippen molar-refractivity contribution in [3.63, 3.8) is 0 Å². The van der Waals surface area contributed by atoms with Crippen molar-refractivity contribution in [3.8, 4) is 5.75 Å². The number of benzene rings is 1. The highest BCUT2D eigenvalue weighted by Crippen LogP contribution is 2.25. The summed E-state index contributed by atoms with van der Waals surface area (Å²) in [5.74, 6) is 0.878. The zero-order valence-electron chi connectivity index (χ0n) is 15.9.